The molecule has 19 heavy (non-hydrogen) atoms. The van der Waals surface area contributed by atoms with E-state index in [0.717, 1.165) is 0 Å². The molecule has 0 unspecified atom stereocenters. The summed E-state index contributed by atoms with van der Waals surface area (Å²) in [5.74, 6) is 0.406. The topological polar surface area (TPSA) is 67.8 Å². The number of nitrogens with one attached hydrogen (secondary N) is 1. The molecule has 0 bridgehead atoms. The van der Waals surface area contributed by atoms with Crippen molar-refractivity contribution in [1.29, 1.82) is 0 Å². The maximum Gasteiger partial charge on any atom is 0.255 e. The fourth-order valence-electron chi connectivity index (χ4n) is 1.58. The van der Waals surface area contributed by atoms with Gasteiger partial charge in [-0.05, 0) is 41.6 Å². The number of nitroso groups, excluding NO2 is 1. The lowest BCUT2D eigenvalue weighted by Crippen LogP contribution is -2.11. The van der Waals surface area contributed by atoms with Gasteiger partial charge in [-0.1, -0.05) is 6.07 Å². The molecular weight excluding hydrogens is 244 g/mol. The van der Waals surface area contributed by atoms with Gasteiger partial charge < -0.3 is 10.1 Å². The number of carbonyl (C=O) groups excluding carboxylic acids is 1. The Bertz CT molecular complexity index is 594. The molecule has 0 aliphatic rings. The number of anilines is 1. The van der Waals surface area contributed by atoms with Gasteiger partial charge in [0.2, 0.25) is 0 Å². The zero-order valence-corrected chi connectivity index (χ0v) is 10.3. The van der Waals surface area contributed by atoms with Gasteiger partial charge >= 0.3 is 0 Å². The Hall–Kier alpha value is -2.69. The summed E-state index contributed by atoms with van der Waals surface area (Å²) in [5, 5.41) is 5.52. The second-order valence-corrected chi connectivity index (χ2v) is 3.82. The lowest BCUT2D eigenvalue weighted by Gasteiger charge is -2.07. The van der Waals surface area contributed by atoms with Crippen LogP contribution in [0.2, 0.25) is 0 Å². The highest BCUT2D eigenvalue weighted by molar-refractivity contribution is 6.04. The second kappa shape index (κ2) is 5.77. The van der Waals surface area contributed by atoms with Crippen molar-refractivity contribution in [2.75, 3.05) is 12.4 Å². The molecule has 0 saturated carbocycles. The standard InChI is InChI=1S/C14H12N2O3/c1-19-13-4-2-3-12(9-13)15-14(17)10-5-7-11(16-18)8-6-10/h2-9H,1H3,(H,15,17). The first kappa shape index (κ1) is 12.8. The summed E-state index contributed by atoms with van der Waals surface area (Å²) in [4.78, 5) is 22.2. The number of nitrogens with zero attached hydrogens (tertiary/aromatic N) is 1. The molecule has 2 aromatic rings. The molecule has 5 heteroatoms. The minimum Gasteiger partial charge on any atom is -0.497 e. The molecule has 0 saturated heterocycles. The Labute approximate surface area is 110 Å². The fourth-order valence-corrected chi connectivity index (χ4v) is 1.58. The Morgan fingerprint density at radius 3 is 2.53 bits per heavy atom. The SMILES string of the molecule is COc1cccc(NC(=O)c2ccc(N=O)cc2)c1. The van der Waals surface area contributed by atoms with Crippen molar-refractivity contribution in [3.8, 4) is 5.75 Å². The second-order valence-electron chi connectivity index (χ2n) is 3.82. The lowest BCUT2D eigenvalue weighted by molar-refractivity contribution is 0.102. The van der Waals surface area contributed by atoms with E-state index in [1.54, 1.807) is 43.5 Å². The van der Waals surface area contributed by atoms with Gasteiger partial charge in [0.15, 0.2) is 0 Å². The number of ether oxygens (including phenoxy) is 1. The Kier molecular flexibility index (Phi) is 3.87. The minimum atomic E-state index is -0.259. The predicted molar refractivity (Wildman–Crippen MR) is 72.8 cm³/mol. The first-order chi connectivity index (χ1) is 9.22. The monoisotopic (exact) mass is 256 g/mol. The van der Waals surface area contributed by atoms with Crippen molar-refractivity contribution in [2.45, 2.75) is 0 Å². The number of benzene rings is 2. The molecule has 0 aromatic heterocycles. The first-order valence-electron chi connectivity index (χ1n) is 5.62. The largest absolute Gasteiger partial charge is 0.497 e. The molecule has 2 aromatic carbocycles. The average Bonchev–Trinajstić information content (AvgIpc) is 2.47. The summed E-state index contributed by atoms with van der Waals surface area (Å²) in [6.07, 6.45) is 0. The van der Waals surface area contributed by atoms with Crippen molar-refractivity contribution in [2.24, 2.45) is 5.18 Å². The van der Waals surface area contributed by atoms with E-state index >= 15 is 0 Å². The fraction of sp³-hybridized carbons (Fsp3) is 0.0714. The van der Waals surface area contributed by atoms with Crippen LogP contribution in [0.15, 0.2) is 53.7 Å². The van der Waals surface area contributed by atoms with Crippen LogP contribution in [0.5, 0.6) is 5.75 Å². The van der Waals surface area contributed by atoms with E-state index in [4.69, 9.17) is 4.74 Å². The molecule has 5 nitrogen and oxygen atoms in total. The van der Waals surface area contributed by atoms with Crippen LogP contribution in [0, 0.1) is 4.91 Å². The number of methoxy groups -OCH3 is 1. The van der Waals surface area contributed by atoms with E-state index in [2.05, 4.69) is 10.5 Å². The van der Waals surface area contributed by atoms with E-state index < -0.39 is 0 Å². The van der Waals surface area contributed by atoms with Gasteiger partial charge in [-0.3, -0.25) is 4.79 Å². The molecule has 0 aliphatic heterocycles. The molecule has 0 fully saturated rings. The molecule has 2 rings (SSSR count). The maximum atomic E-state index is 12.0. The molecular formula is C14H12N2O3. The van der Waals surface area contributed by atoms with Gasteiger partial charge in [-0.25, -0.2) is 0 Å². The van der Waals surface area contributed by atoms with Crippen LogP contribution in [0.4, 0.5) is 11.4 Å². The highest BCUT2D eigenvalue weighted by Gasteiger charge is 2.06. The third-order valence-electron chi connectivity index (χ3n) is 2.56. The van der Waals surface area contributed by atoms with Crippen LogP contribution in [0.25, 0.3) is 0 Å². The minimum absolute atomic E-state index is 0.259. The zero-order chi connectivity index (χ0) is 13.7. The molecule has 1 amide bonds. The summed E-state index contributed by atoms with van der Waals surface area (Å²) in [7, 11) is 1.56. The van der Waals surface area contributed by atoms with Gasteiger partial charge in [-0.2, -0.15) is 0 Å². The average molecular weight is 256 g/mol. The normalized spacial score (nSPS) is 9.74. The number of amides is 1. The molecule has 96 valence electrons. The summed E-state index contributed by atoms with van der Waals surface area (Å²) in [6.45, 7) is 0. The van der Waals surface area contributed by atoms with Crippen molar-refractivity contribution in [3.63, 3.8) is 0 Å². The Morgan fingerprint density at radius 1 is 1.16 bits per heavy atom. The summed E-state index contributed by atoms with van der Waals surface area (Å²) in [5.41, 5.74) is 1.38. The van der Waals surface area contributed by atoms with Crippen molar-refractivity contribution in [1.82, 2.24) is 0 Å². The number of hydrogen-bond acceptors (Lipinski definition) is 4. The molecule has 0 spiro atoms. The number of carbonyl (C=O) groups is 1. The van der Waals surface area contributed by atoms with Crippen molar-refractivity contribution in [3.05, 3.63) is 59.0 Å². The lowest BCUT2D eigenvalue weighted by atomic mass is 10.2. The van der Waals surface area contributed by atoms with Crippen LogP contribution in [-0.2, 0) is 0 Å². The van der Waals surface area contributed by atoms with Crippen LogP contribution in [-0.4, -0.2) is 13.0 Å². The van der Waals surface area contributed by atoms with Crippen LogP contribution in [0.3, 0.4) is 0 Å². The Balaban J connectivity index is 2.13. The maximum absolute atomic E-state index is 12.0. The van der Waals surface area contributed by atoms with Crippen LogP contribution >= 0.6 is 0 Å². The van der Waals surface area contributed by atoms with Crippen molar-refractivity contribution < 1.29 is 9.53 Å². The Morgan fingerprint density at radius 2 is 1.89 bits per heavy atom. The molecule has 0 aliphatic carbocycles. The van der Waals surface area contributed by atoms with Gasteiger partial charge in [0.05, 0.1) is 7.11 Å². The van der Waals surface area contributed by atoms with E-state index in [0.29, 0.717) is 17.0 Å². The third kappa shape index (κ3) is 3.16. The molecule has 0 heterocycles. The van der Waals surface area contributed by atoms with E-state index in [1.807, 2.05) is 0 Å². The quantitative estimate of drug-likeness (QED) is 0.853. The van der Waals surface area contributed by atoms with E-state index in [9.17, 15) is 9.70 Å². The predicted octanol–water partition coefficient (Wildman–Crippen LogP) is 3.35. The molecule has 0 atom stereocenters. The zero-order valence-electron chi connectivity index (χ0n) is 10.3. The first-order valence-corrected chi connectivity index (χ1v) is 5.62. The summed E-state index contributed by atoms with van der Waals surface area (Å²) >= 11 is 0. The third-order valence-corrected chi connectivity index (χ3v) is 2.56. The van der Waals surface area contributed by atoms with Crippen LogP contribution < -0.4 is 10.1 Å². The highest BCUT2D eigenvalue weighted by Crippen LogP contribution is 2.18. The van der Waals surface area contributed by atoms with Gasteiger partial charge in [0.1, 0.15) is 11.4 Å². The molecule has 1 N–H and O–H groups in total. The summed E-state index contributed by atoms with van der Waals surface area (Å²) in [6, 6.07) is 13.1. The summed E-state index contributed by atoms with van der Waals surface area (Å²) < 4.78 is 5.07. The number of hydrogen-bond donors (Lipinski definition) is 1. The smallest absolute Gasteiger partial charge is 0.255 e. The van der Waals surface area contributed by atoms with E-state index in [-0.39, 0.29) is 11.6 Å². The van der Waals surface area contributed by atoms with Crippen LogP contribution in [0.1, 0.15) is 10.4 Å². The van der Waals surface area contributed by atoms with Gasteiger partial charge in [0, 0.05) is 17.3 Å². The van der Waals surface area contributed by atoms with E-state index in [1.165, 1.54) is 12.1 Å². The highest BCUT2D eigenvalue weighted by atomic mass is 16.5. The van der Waals surface area contributed by atoms with Gasteiger partial charge in [0.25, 0.3) is 5.91 Å². The van der Waals surface area contributed by atoms with Gasteiger partial charge in [-0.15, -0.1) is 4.91 Å². The van der Waals surface area contributed by atoms with Crippen molar-refractivity contribution >= 4 is 17.3 Å². The number of rotatable bonds is 4. The molecule has 0 radical (unpaired) electrons.